The van der Waals surface area contributed by atoms with Crippen molar-refractivity contribution in [3.05, 3.63) is 71.5 Å². The molecule has 4 heteroatoms. The van der Waals surface area contributed by atoms with Gasteiger partial charge in [0.05, 0.1) is 0 Å². The van der Waals surface area contributed by atoms with Gasteiger partial charge in [-0.3, -0.25) is 9.59 Å². The highest BCUT2D eigenvalue weighted by Gasteiger charge is 2.17. The van der Waals surface area contributed by atoms with Crippen LogP contribution in [0.15, 0.2) is 54.6 Å². The molecule has 0 aliphatic rings. The SMILES string of the molecule is CC(C)N(Cc1ccccc1)C(=O)CCCC(=O)c1ccc(F)cc1. The molecule has 1 amide bonds. The third-order valence-corrected chi connectivity index (χ3v) is 4.10. The Morgan fingerprint density at radius 2 is 1.60 bits per heavy atom. The Labute approximate surface area is 148 Å². The first-order valence-electron chi connectivity index (χ1n) is 8.59. The molecule has 25 heavy (non-hydrogen) atoms. The summed E-state index contributed by atoms with van der Waals surface area (Å²) in [5.41, 5.74) is 1.57. The number of halogens is 1. The molecular formula is C21H24FNO2. The molecule has 0 spiro atoms. The number of ketones is 1. The van der Waals surface area contributed by atoms with Crippen LogP contribution in [0, 0.1) is 5.82 Å². The van der Waals surface area contributed by atoms with Crippen molar-refractivity contribution in [3.8, 4) is 0 Å². The van der Waals surface area contributed by atoms with Crippen LogP contribution in [-0.4, -0.2) is 22.6 Å². The van der Waals surface area contributed by atoms with Crippen molar-refractivity contribution >= 4 is 11.7 Å². The van der Waals surface area contributed by atoms with Crippen LogP contribution in [0.5, 0.6) is 0 Å². The fraction of sp³-hybridized carbons (Fsp3) is 0.333. The van der Waals surface area contributed by atoms with Gasteiger partial charge in [0.2, 0.25) is 5.91 Å². The van der Waals surface area contributed by atoms with Crippen molar-refractivity contribution in [2.45, 2.75) is 45.7 Å². The predicted octanol–water partition coefficient (Wildman–Crippen LogP) is 4.62. The smallest absolute Gasteiger partial charge is 0.223 e. The van der Waals surface area contributed by atoms with Crippen LogP contribution in [0.3, 0.4) is 0 Å². The summed E-state index contributed by atoms with van der Waals surface area (Å²) in [5.74, 6) is -0.377. The Balaban J connectivity index is 1.86. The van der Waals surface area contributed by atoms with Crippen LogP contribution in [0.1, 0.15) is 49.0 Å². The zero-order chi connectivity index (χ0) is 18.2. The number of hydrogen-bond donors (Lipinski definition) is 0. The Bertz CT molecular complexity index is 696. The minimum atomic E-state index is -0.361. The van der Waals surface area contributed by atoms with Gasteiger partial charge in [-0.05, 0) is 50.1 Å². The number of rotatable bonds is 8. The van der Waals surface area contributed by atoms with E-state index in [-0.39, 0.29) is 30.0 Å². The van der Waals surface area contributed by atoms with Gasteiger partial charge in [0.15, 0.2) is 5.78 Å². The van der Waals surface area contributed by atoms with E-state index in [1.165, 1.54) is 24.3 Å². The van der Waals surface area contributed by atoms with E-state index < -0.39 is 0 Å². The standard InChI is InChI=1S/C21H24FNO2/c1-16(2)23(15-17-7-4-3-5-8-17)21(25)10-6-9-20(24)18-11-13-19(22)14-12-18/h3-5,7-8,11-14,16H,6,9-10,15H2,1-2H3. The molecule has 0 unspecified atom stereocenters. The van der Waals surface area contributed by atoms with Gasteiger partial charge in [-0.15, -0.1) is 0 Å². The number of Topliss-reactive ketones (excluding diaryl/α,β-unsaturated/α-hetero) is 1. The van der Waals surface area contributed by atoms with Crippen LogP contribution in [0.2, 0.25) is 0 Å². The highest BCUT2D eigenvalue weighted by atomic mass is 19.1. The van der Waals surface area contributed by atoms with Gasteiger partial charge >= 0.3 is 0 Å². The average molecular weight is 341 g/mol. The minimum Gasteiger partial charge on any atom is -0.336 e. The zero-order valence-electron chi connectivity index (χ0n) is 14.7. The second-order valence-corrected chi connectivity index (χ2v) is 6.38. The molecule has 2 rings (SSSR count). The number of carbonyl (C=O) groups excluding carboxylic acids is 2. The topological polar surface area (TPSA) is 37.4 Å². The Morgan fingerprint density at radius 3 is 2.20 bits per heavy atom. The third kappa shape index (κ3) is 5.82. The normalized spacial score (nSPS) is 10.7. The van der Waals surface area contributed by atoms with E-state index in [4.69, 9.17) is 0 Å². The molecule has 0 aromatic heterocycles. The number of amides is 1. The summed E-state index contributed by atoms with van der Waals surface area (Å²) >= 11 is 0. The van der Waals surface area contributed by atoms with E-state index in [9.17, 15) is 14.0 Å². The first kappa shape index (κ1) is 18.8. The van der Waals surface area contributed by atoms with Gasteiger partial charge in [-0.25, -0.2) is 4.39 Å². The molecule has 2 aromatic carbocycles. The maximum Gasteiger partial charge on any atom is 0.223 e. The second kappa shape index (κ2) is 9.11. The predicted molar refractivity (Wildman–Crippen MR) is 96.7 cm³/mol. The molecule has 0 radical (unpaired) electrons. The molecule has 0 atom stereocenters. The molecule has 0 saturated heterocycles. The lowest BCUT2D eigenvalue weighted by Crippen LogP contribution is -2.36. The average Bonchev–Trinajstić information content (AvgIpc) is 2.60. The zero-order valence-corrected chi connectivity index (χ0v) is 14.7. The number of carbonyl (C=O) groups is 2. The Kier molecular flexibility index (Phi) is 6.87. The third-order valence-electron chi connectivity index (χ3n) is 4.10. The molecule has 0 saturated carbocycles. The molecule has 0 N–H and O–H groups in total. The van der Waals surface area contributed by atoms with Gasteiger partial charge in [0, 0.05) is 31.0 Å². The van der Waals surface area contributed by atoms with Crippen molar-refractivity contribution in [2.75, 3.05) is 0 Å². The monoisotopic (exact) mass is 341 g/mol. The lowest BCUT2D eigenvalue weighted by atomic mass is 10.0. The summed E-state index contributed by atoms with van der Waals surface area (Å²) in [4.78, 5) is 26.4. The van der Waals surface area contributed by atoms with E-state index in [2.05, 4.69) is 0 Å². The Hall–Kier alpha value is -2.49. The second-order valence-electron chi connectivity index (χ2n) is 6.38. The quantitative estimate of drug-likeness (QED) is 0.657. The van der Waals surface area contributed by atoms with E-state index in [1.807, 2.05) is 49.1 Å². The molecule has 0 bridgehead atoms. The first-order chi connectivity index (χ1) is 12.0. The van der Waals surface area contributed by atoms with Crippen molar-refractivity contribution in [1.29, 1.82) is 0 Å². The molecule has 0 aliphatic heterocycles. The van der Waals surface area contributed by atoms with E-state index in [0.29, 0.717) is 24.9 Å². The highest BCUT2D eigenvalue weighted by molar-refractivity contribution is 5.96. The number of nitrogens with zero attached hydrogens (tertiary/aromatic N) is 1. The van der Waals surface area contributed by atoms with Gasteiger partial charge in [-0.2, -0.15) is 0 Å². The van der Waals surface area contributed by atoms with Gasteiger partial charge in [0.1, 0.15) is 5.82 Å². The summed E-state index contributed by atoms with van der Waals surface area (Å²) in [6.07, 6.45) is 1.11. The summed E-state index contributed by atoms with van der Waals surface area (Å²) in [5, 5.41) is 0. The molecule has 3 nitrogen and oxygen atoms in total. The van der Waals surface area contributed by atoms with Crippen LogP contribution in [0.4, 0.5) is 4.39 Å². The van der Waals surface area contributed by atoms with E-state index in [0.717, 1.165) is 5.56 Å². The van der Waals surface area contributed by atoms with E-state index in [1.54, 1.807) is 0 Å². The molecule has 132 valence electrons. The number of benzene rings is 2. The van der Waals surface area contributed by atoms with Gasteiger partial charge < -0.3 is 4.90 Å². The number of hydrogen-bond acceptors (Lipinski definition) is 2. The van der Waals surface area contributed by atoms with Crippen LogP contribution in [0.25, 0.3) is 0 Å². The van der Waals surface area contributed by atoms with Gasteiger partial charge in [0.25, 0.3) is 0 Å². The largest absolute Gasteiger partial charge is 0.336 e. The van der Waals surface area contributed by atoms with Crippen molar-refractivity contribution < 1.29 is 14.0 Å². The lowest BCUT2D eigenvalue weighted by Gasteiger charge is -2.27. The van der Waals surface area contributed by atoms with Crippen LogP contribution < -0.4 is 0 Å². The molecule has 2 aromatic rings. The summed E-state index contributed by atoms with van der Waals surface area (Å²) in [7, 11) is 0. The van der Waals surface area contributed by atoms with E-state index >= 15 is 0 Å². The Morgan fingerprint density at radius 1 is 0.960 bits per heavy atom. The fourth-order valence-electron chi connectivity index (χ4n) is 2.66. The van der Waals surface area contributed by atoms with Crippen molar-refractivity contribution in [3.63, 3.8) is 0 Å². The van der Waals surface area contributed by atoms with Crippen molar-refractivity contribution in [2.24, 2.45) is 0 Å². The van der Waals surface area contributed by atoms with Crippen LogP contribution in [-0.2, 0) is 11.3 Å². The summed E-state index contributed by atoms with van der Waals surface area (Å²) < 4.78 is 12.9. The maximum atomic E-state index is 12.9. The minimum absolute atomic E-state index is 0.0470. The summed E-state index contributed by atoms with van der Waals surface area (Å²) in [6.45, 7) is 4.55. The lowest BCUT2D eigenvalue weighted by molar-refractivity contribution is -0.133. The maximum absolute atomic E-state index is 12.9. The summed E-state index contributed by atoms with van der Waals surface area (Å²) in [6, 6.07) is 15.5. The van der Waals surface area contributed by atoms with Crippen LogP contribution >= 0.6 is 0 Å². The molecule has 0 heterocycles. The first-order valence-corrected chi connectivity index (χ1v) is 8.59. The highest BCUT2D eigenvalue weighted by Crippen LogP contribution is 2.13. The fourth-order valence-corrected chi connectivity index (χ4v) is 2.66. The molecule has 0 fully saturated rings. The molecule has 0 aliphatic carbocycles. The van der Waals surface area contributed by atoms with Gasteiger partial charge in [-0.1, -0.05) is 30.3 Å². The molecular weight excluding hydrogens is 317 g/mol. The van der Waals surface area contributed by atoms with Crippen molar-refractivity contribution in [1.82, 2.24) is 4.90 Å².